The summed E-state index contributed by atoms with van der Waals surface area (Å²) in [4.78, 5) is 18.7. The van der Waals surface area contributed by atoms with Gasteiger partial charge in [0.2, 0.25) is 0 Å². The molecule has 29 heavy (non-hydrogen) atoms. The number of carbonyl (C=O) groups excluding carboxylic acids is 1. The van der Waals surface area contributed by atoms with E-state index in [0.717, 1.165) is 48.0 Å². The number of hydrogen-bond donors (Lipinski definition) is 2. The number of aromatic nitrogens is 3. The SMILES string of the molecule is CC(C)N(c1c(C(N)=O)cnn2cc(-c3ccncc3)cc12)C1CCC(O)CC1. The van der Waals surface area contributed by atoms with E-state index in [1.54, 1.807) is 18.6 Å². The summed E-state index contributed by atoms with van der Waals surface area (Å²) < 4.78 is 1.81. The molecule has 7 nitrogen and oxygen atoms in total. The Bertz CT molecular complexity index is 1010. The number of pyridine rings is 1. The van der Waals surface area contributed by atoms with Gasteiger partial charge in [-0.2, -0.15) is 5.10 Å². The molecule has 0 atom stereocenters. The van der Waals surface area contributed by atoms with E-state index in [1.807, 2.05) is 22.8 Å². The summed E-state index contributed by atoms with van der Waals surface area (Å²) >= 11 is 0. The number of fused-ring (bicyclic) bond motifs is 1. The highest BCUT2D eigenvalue weighted by molar-refractivity contribution is 6.02. The maximum atomic E-state index is 12.3. The van der Waals surface area contributed by atoms with Crippen LogP contribution in [0.2, 0.25) is 0 Å². The lowest BCUT2D eigenvalue weighted by Crippen LogP contribution is -2.44. The predicted molar refractivity (Wildman–Crippen MR) is 113 cm³/mol. The largest absolute Gasteiger partial charge is 0.393 e. The molecule has 3 N–H and O–H groups in total. The highest BCUT2D eigenvalue weighted by Gasteiger charge is 2.31. The van der Waals surface area contributed by atoms with Crippen LogP contribution in [0.4, 0.5) is 5.69 Å². The molecule has 3 aromatic heterocycles. The van der Waals surface area contributed by atoms with E-state index in [4.69, 9.17) is 5.73 Å². The van der Waals surface area contributed by atoms with Crippen molar-refractivity contribution in [2.75, 3.05) is 4.90 Å². The number of aliphatic hydroxyl groups is 1. The first-order valence-electron chi connectivity index (χ1n) is 10.1. The Morgan fingerprint density at radius 2 is 1.90 bits per heavy atom. The number of nitrogens with two attached hydrogens (primary N) is 1. The average Bonchev–Trinajstić information content (AvgIpc) is 3.14. The van der Waals surface area contributed by atoms with Gasteiger partial charge in [-0.15, -0.1) is 0 Å². The quantitative estimate of drug-likeness (QED) is 0.695. The van der Waals surface area contributed by atoms with Gasteiger partial charge in [-0.25, -0.2) is 4.52 Å². The molecule has 1 saturated carbocycles. The number of hydrogen-bond acceptors (Lipinski definition) is 5. The molecule has 0 unspecified atom stereocenters. The summed E-state index contributed by atoms with van der Waals surface area (Å²) in [7, 11) is 0. The predicted octanol–water partition coefficient (Wildman–Crippen LogP) is 3.01. The molecule has 0 saturated heterocycles. The van der Waals surface area contributed by atoms with Gasteiger partial charge in [0.1, 0.15) is 0 Å². The van der Waals surface area contributed by atoms with Gasteiger partial charge >= 0.3 is 0 Å². The van der Waals surface area contributed by atoms with Crippen LogP contribution in [0.25, 0.3) is 16.6 Å². The van der Waals surface area contributed by atoms with Crippen LogP contribution < -0.4 is 10.6 Å². The van der Waals surface area contributed by atoms with Crippen molar-refractivity contribution in [2.24, 2.45) is 5.73 Å². The molecule has 1 aliphatic carbocycles. The van der Waals surface area contributed by atoms with Crippen LogP contribution in [0.1, 0.15) is 49.9 Å². The minimum Gasteiger partial charge on any atom is -0.393 e. The zero-order valence-electron chi connectivity index (χ0n) is 16.8. The third-order valence-electron chi connectivity index (χ3n) is 5.76. The molecule has 3 aromatic rings. The molecule has 1 amide bonds. The summed E-state index contributed by atoms with van der Waals surface area (Å²) in [5.74, 6) is -0.483. The van der Waals surface area contributed by atoms with Gasteiger partial charge in [0, 0.05) is 36.2 Å². The standard InChI is InChI=1S/C22H27N5O2/c1-14(2)27(17-3-5-18(28)6-4-17)21-19(22(23)29)12-25-26-13-16(11-20(21)26)15-7-9-24-10-8-15/h7-14,17-18,28H,3-6H2,1-2H3,(H2,23,29). The number of aliphatic hydroxyl groups excluding tert-OH is 1. The second kappa shape index (κ2) is 7.83. The molecular weight excluding hydrogens is 366 g/mol. The van der Waals surface area contributed by atoms with Crippen LogP contribution in [0.15, 0.2) is 43.0 Å². The zero-order chi connectivity index (χ0) is 20.5. The minimum atomic E-state index is -0.483. The van der Waals surface area contributed by atoms with Gasteiger partial charge in [0.15, 0.2) is 0 Å². The van der Waals surface area contributed by atoms with E-state index < -0.39 is 5.91 Å². The van der Waals surface area contributed by atoms with Crippen molar-refractivity contribution in [3.05, 3.63) is 48.5 Å². The second-order valence-electron chi connectivity index (χ2n) is 8.03. The Labute approximate surface area is 170 Å². The van der Waals surface area contributed by atoms with E-state index in [9.17, 15) is 9.90 Å². The molecule has 4 rings (SSSR count). The number of carbonyl (C=O) groups is 1. The van der Waals surface area contributed by atoms with Crippen LogP contribution in [0, 0.1) is 0 Å². The van der Waals surface area contributed by atoms with Gasteiger partial charge in [0.25, 0.3) is 5.91 Å². The maximum absolute atomic E-state index is 12.3. The van der Waals surface area contributed by atoms with E-state index >= 15 is 0 Å². The van der Waals surface area contributed by atoms with Crippen LogP contribution >= 0.6 is 0 Å². The van der Waals surface area contributed by atoms with Gasteiger partial charge in [0.05, 0.1) is 29.1 Å². The molecule has 0 aliphatic heterocycles. The third kappa shape index (κ3) is 3.70. The van der Waals surface area contributed by atoms with Crippen LogP contribution in [0.3, 0.4) is 0 Å². The third-order valence-corrected chi connectivity index (χ3v) is 5.76. The average molecular weight is 393 g/mol. The number of rotatable bonds is 5. The fourth-order valence-electron chi connectivity index (χ4n) is 4.40. The lowest BCUT2D eigenvalue weighted by atomic mass is 9.90. The molecule has 7 heteroatoms. The van der Waals surface area contributed by atoms with Crippen molar-refractivity contribution < 1.29 is 9.90 Å². The molecule has 1 fully saturated rings. The Hall–Kier alpha value is -2.93. The number of primary amides is 1. The topological polar surface area (TPSA) is 96.8 Å². The Balaban J connectivity index is 1.88. The van der Waals surface area contributed by atoms with Crippen LogP contribution in [-0.4, -0.2) is 43.8 Å². The first-order valence-corrected chi connectivity index (χ1v) is 10.1. The fourth-order valence-corrected chi connectivity index (χ4v) is 4.40. The Kier molecular flexibility index (Phi) is 5.24. The Morgan fingerprint density at radius 3 is 2.52 bits per heavy atom. The fraction of sp³-hybridized carbons (Fsp3) is 0.409. The van der Waals surface area contributed by atoms with E-state index in [1.165, 1.54) is 0 Å². The first kappa shape index (κ1) is 19.4. The molecule has 0 radical (unpaired) electrons. The van der Waals surface area contributed by atoms with E-state index in [-0.39, 0.29) is 18.2 Å². The summed E-state index contributed by atoms with van der Waals surface area (Å²) in [6.45, 7) is 4.25. The Morgan fingerprint density at radius 1 is 1.21 bits per heavy atom. The summed E-state index contributed by atoms with van der Waals surface area (Å²) in [5, 5.41) is 14.4. The highest BCUT2D eigenvalue weighted by Crippen LogP contribution is 2.36. The molecular formula is C22H27N5O2. The molecule has 1 aliphatic rings. The van der Waals surface area contributed by atoms with E-state index in [0.29, 0.717) is 5.56 Å². The zero-order valence-corrected chi connectivity index (χ0v) is 16.8. The number of amides is 1. The first-order chi connectivity index (χ1) is 14.0. The van der Waals surface area contributed by atoms with Crippen LogP contribution in [0.5, 0.6) is 0 Å². The van der Waals surface area contributed by atoms with Crippen molar-refractivity contribution in [3.63, 3.8) is 0 Å². The lowest BCUT2D eigenvalue weighted by Gasteiger charge is -2.41. The van der Waals surface area contributed by atoms with Crippen molar-refractivity contribution in [3.8, 4) is 11.1 Å². The smallest absolute Gasteiger partial charge is 0.252 e. The van der Waals surface area contributed by atoms with Gasteiger partial charge in [-0.1, -0.05) is 0 Å². The maximum Gasteiger partial charge on any atom is 0.252 e. The number of anilines is 1. The molecule has 3 heterocycles. The molecule has 152 valence electrons. The minimum absolute atomic E-state index is 0.166. The van der Waals surface area contributed by atoms with Gasteiger partial charge < -0.3 is 15.7 Å². The normalized spacial score (nSPS) is 19.6. The van der Waals surface area contributed by atoms with E-state index in [2.05, 4.69) is 34.9 Å². The van der Waals surface area contributed by atoms with Gasteiger partial charge in [-0.3, -0.25) is 9.78 Å². The summed E-state index contributed by atoms with van der Waals surface area (Å²) in [6.07, 6.45) is 10.1. The number of nitrogens with zero attached hydrogens (tertiary/aromatic N) is 4. The lowest BCUT2D eigenvalue weighted by molar-refractivity contribution is 0.0999. The molecule has 0 aromatic carbocycles. The summed E-state index contributed by atoms with van der Waals surface area (Å²) in [5.41, 5.74) is 9.90. The second-order valence-corrected chi connectivity index (χ2v) is 8.03. The van der Waals surface area contributed by atoms with Crippen molar-refractivity contribution in [1.82, 2.24) is 14.6 Å². The van der Waals surface area contributed by atoms with Crippen molar-refractivity contribution in [2.45, 2.75) is 57.7 Å². The van der Waals surface area contributed by atoms with Crippen LogP contribution in [-0.2, 0) is 0 Å². The molecule has 0 bridgehead atoms. The summed E-state index contributed by atoms with van der Waals surface area (Å²) in [6, 6.07) is 6.36. The monoisotopic (exact) mass is 393 g/mol. The van der Waals surface area contributed by atoms with Crippen molar-refractivity contribution in [1.29, 1.82) is 0 Å². The van der Waals surface area contributed by atoms with Gasteiger partial charge in [-0.05, 0) is 63.3 Å². The highest BCUT2D eigenvalue weighted by atomic mass is 16.3. The molecule has 0 spiro atoms. The van der Waals surface area contributed by atoms with Crippen molar-refractivity contribution >= 4 is 17.1 Å².